The van der Waals surface area contributed by atoms with Gasteiger partial charge >= 0.3 is 0 Å². The molecule has 128 valence electrons. The van der Waals surface area contributed by atoms with Gasteiger partial charge in [-0.1, -0.05) is 30.3 Å². The monoisotopic (exact) mass is 334 g/mol. The van der Waals surface area contributed by atoms with Gasteiger partial charge in [-0.25, -0.2) is 0 Å². The van der Waals surface area contributed by atoms with Gasteiger partial charge in [-0.15, -0.1) is 0 Å². The van der Waals surface area contributed by atoms with Crippen LogP contribution in [0.1, 0.15) is 24.0 Å². The topological polar surface area (TPSA) is 51.2 Å². The van der Waals surface area contributed by atoms with Gasteiger partial charge in [0.2, 0.25) is 5.91 Å². The van der Waals surface area contributed by atoms with Crippen LogP contribution in [0.25, 0.3) is 10.8 Å². The molecule has 25 heavy (non-hydrogen) atoms. The predicted molar refractivity (Wildman–Crippen MR) is 99.9 cm³/mol. The van der Waals surface area contributed by atoms with Crippen molar-refractivity contribution in [3.05, 3.63) is 72.1 Å². The maximum Gasteiger partial charge on any atom is 0.227 e. The Morgan fingerprint density at radius 1 is 1.16 bits per heavy atom. The molecular weight excluding hydrogens is 312 g/mol. The highest BCUT2D eigenvalue weighted by Gasteiger charge is 2.15. The molecule has 4 nitrogen and oxygen atoms in total. The molecule has 3 rings (SSSR count). The number of carbonyl (C=O) groups is 1. The SMILES string of the molecule is COc1ccc2cc(C(C)C(=O)NCCc3cccnc3)ccc2c1. The van der Waals surface area contributed by atoms with Crippen LogP contribution < -0.4 is 10.1 Å². The van der Waals surface area contributed by atoms with Crippen LogP contribution in [0.5, 0.6) is 5.75 Å². The van der Waals surface area contributed by atoms with Crippen molar-refractivity contribution in [1.82, 2.24) is 10.3 Å². The van der Waals surface area contributed by atoms with Crippen LogP contribution >= 0.6 is 0 Å². The number of nitrogens with one attached hydrogen (secondary N) is 1. The van der Waals surface area contributed by atoms with Gasteiger partial charge in [0.1, 0.15) is 5.75 Å². The van der Waals surface area contributed by atoms with Crippen LogP contribution in [0.2, 0.25) is 0 Å². The molecule has 2 aromatic carbocycles. The molecule has 4 heteroatoms. The van der Waals surface area contributed by atoms with Crippen molar-refractivity contribution in [1.29, 1.82) is 0 Å². The predicted octanol–water partition coefficient (Wildman–Crippen LogP) is 3.71. The minimum Gasteiger partial charge on any atom is -0.497 e. The van der Waals surface area contributed by atoms with Gasteiger partial charge in [0, 0.05) is 18.9 Å². The largest absolute Gasteiger partial charge is 0.497 e. The van der Waals surface area contributed by atoms with E-state index >= 15 is 0 Å². The zero-order chi connectivity index (χ0) is 17.6. The quantitative estimate of drug-likeness (QED) is 0.748. The molecule has 1 heterocycles. The van der Waals surface area contributed by atoms with E-state index in [0.29, 0.717) is 6.54 Å². The van der Waals surface area contributed by atoms with Crippen molar-refractivity contribution in [3.8, 4) is 5.75 Å². The third kappa shape index (κ3) is 4.15. The average Bonchev–Trinajstić information content (AvgIpc) is 2.67. The van der Waals surface area contributed by atoms with E-state index in [9.17, 15) is 4.79 Å². The number of fused-ring (bicyclic) bond motifs is 1. The molecule has 0 aliphatic carbocycles. The third-order valence-electron chi connectivity index (χ3n) is 4.40. The number of hydrogen-bond acceptors (Lipinski definition) is 3. The van der Waals surface area contributed by atoms with Crippen molar-refractivity contribution < 1.29 is 9.53 Å². The van der Waals surface area contributed by atoms with E-state index in [2.05, 4.69) is 16.4 Å². The molecule has 0 radical (unpaired) electrons. The summed E-state index contributed by atoms with van der Waals surface area (Å²) in [6.45, 7) is 2.55. The minimum absolute atomic E-state index is 0.0387. The number of pyridine rings is 1. The second kappa shape index (κ2) is 7.79. The molecule has 0 saturated heterocycles. The molecule has 1 unspecified atom stereocenters. The Bertz CT molecular complexity index is 862. The van der Waals surface area contributed by atoms with E-state index in [-0.39, 0.29) is 11.8 Å². The Hall–Kier alpha value is -2.88. The molecule has 0 spiro atoms. The number of carbonyl (C=O) groups excluding carboxylic acids is 1. The number of ether oxygens (including phenoxy) is 1. The van der Waals surface area contributed by atoms with Crippen LogP contribution in [0, 0.1) is 0 Å². The normalized spacial score (nSPS) is 11.9. The Balaban J connectivity index is 1.64. The molecule has 1 N–H and O–H groups in total. The molecule has 0 saturated carbocycles. The second-order valence-corrected chi connectivity index (χ2v) is 6.10. The van der Waals surface area contributed by atoms with Crippen LogP contribution in [0.3, 0.4) is 0 Å². The summed E-state index contributed by atoms with van der Waals surface area (Å²) in [7, 11) is 1.66. The molecule has 0 aliphatic rings. The number of nitrogens with zero attached hydrogens (tertiary/aromatic N) is 1. The van der Waals surface area contributed by atoms with Gasteiger partial charge in [-0.3, -0.25) is 9.78 Å². The number of methoxy groups -OCH3 is 1. The Morgan fingerprint density at radius 2 is 1.96 bits per heavy atom. The van der Waals surface area contributed by atoms with E-state index in [0.717, 1.165) is 34.1 Å². The molecule has 3 aromatic rings. The third-order valence-corrected chi connectivity index (χ3v) is 4.40. The van der Waals surface area contributed by atoms with Gasteiger partial charge in [0.15, 0.2) is 0 Å². The molecule has 0 bridgehead atoms. The Labute approximate surface area is 147 Å². The van der Waals surface area contributed by atoms with Crippen LogP contribution in [-0.2, 0) is 11.2 Å². The van der Waals surface area contributed by atoms with E-state index in [1.807, 2.05) is 55.6 Å². The van der Waals surface area contributed by atoms with Crippen molar-refractivity contribution >= 4 is 16.7 Å². The molecular formula is C21H22N2O2. The van der Waals surface area contributed by atoms with Crippen LogP contribution in [0.15, 0.2) is 60.9 Å². The maximum atomic E-state index is 12.4. The lowest BCUT2D eigenvalue weighted by atomic mass is 9.97. The van der Waals surface area contributed by atoms with Crippen molar-refractivity contribution in [3.63, 3.8) is 0 Å². The Kier molecular flexibility index (Phi) is 5.29. The Morgan fingerprint density at radius 3 is 2.72 bits per heavy atom. The fourth-order valence-corrected chi connectivity index (χ4v) is 2.82. The van der Waals surface area contributed by atoms with Crippen LogP contribution in [-0.4, -0.2) is 24.5 Å². The first-order valence-corrected chi connectivity index (χ1v) is 8.41. The summed E-state index contributed by atoms with van der Waals surface area (Å²) in [5, 5.41) is 5.22. The molecule has 0 fully saturated rings. The lowest BCUT2D eigenvalue weighted by Crippen LogP contribution is -2.29. The number of amides is 1. The summed E-state index contributed by atoms with van der Waals surface area (Å²) in [5.74, 6) is 0.679. The van der Waals surface area contributed by atoms with Crippen molar-refractivity contribution in [2.75, 3.05) is 13.7 Å². The van der Waals surface area contributed by atoms with Crippen molar-refractivity contribution in [2.45, 2.75) is 19.3 Å². The molecule has 1 amide bonds. The summed E-state index contributed by atoms with van der Waals surface area (Å²) in [6, 6.07) is 16.0. The van der Waals surface area contributed by atoms with E-state index in [1.54, 1.807) is 13.3 Å². The first-order valence-electron chi connectivity index (χ1n) is 8.41. The smallest absolute Gasteiger partial charge is 0.227 e. The summed E-state index contributed by atoms with van der Waals surface area (Å²) >= 11 is 0. The molecule has 0 aliphatic heterocycles. The van der Waals surface area contributed by atoms with Gasteiger partial charge in [-0.05, 0) is 53.4 Å². The van der Waals surface area contributed by atoms with E-state index in [4.69, 9.17) is 4.74 Å². The number of benzene rings is 2. The summed E-state index contributed by atoms with van der Waals surface area (Å²) < 4.78 is 5.25. The fraction of sp³-hybridized carbons (Fsp3) is 0.238. The second-order valence-electron chi connectivity index (χ2n) is 6.10. The van der Waals surface area contributed by atoms with Gasteiger partial charge in [0.05, 0.1) is 13.0 Å². The van der Waals surface area contributed by atoms with Crippen LogP contribution in [0.4, 0.5) is 0 Å². The lowest BCUT2D eigenvalue weighted by molar-refractivity contribution is -0.122. The number of hydrogen-bond donors (Lipinski definition) is 1. The standard InChI is InChI=1S/C21H22N2O2/c1-15(21(24)23-11-9-16-4-3-10-22-14-16)17-5-6-19-13-20(25-2)8-7-18(19)12-17/h3-8,10,12-15H,9,11H2,1-2H3,(H,23,24). The first kappa shape index (κ1) is 17.0. The summed E-state index contributed by atoms with van der Waals surface area (Å²) in [5.41, 5.74) is 2.13. The molecule has 1 atom stereocenters. The number of aromatic nitrogens is 1. The highest BCUT2D eigenvalue weighted by molar-refractivity contribution is 5.88. The average molecular weight is 334 g/mol. The zero-order valence-electron chi connectivity index (χ0n) is 14.5. The first-order chi connectivity index (χ1) is 12.2. The van der Waals surface area contributed by atoms with Gasteiger partial charge < -0.3 is 10.1 Å². The lowest BCUT2D eigenvalue weighted by Gasteiger charge is -2.14. The zero-order valence-corrected chi connectivity index (χ0v) is 14.5. The van der Waals surface area contributed by atoms with E-state index in [1.165, 1.54) is 0 Å². The van der Waals surface area contributed by atoms with Crippen molar-refractivity contribution in [2.24, 2.45) is 0 Å². The summed E-state index contributed by atoms with van der Waals surface area (Å²) in [4.78, 5) is 16.5. The van der Waals surface area contributed by atoms with Gasteiger partial charge in [-0.2, -0.15) is 0 Å². The number of rotatable bonds is 6. The van der Waals surface area contributed by atoms with Gasteiger partial charge in [0.25, 0.3) is 0 Å². The molecule has 1 aromatic heterocycles. The highest BCUT2D eigenvalue weighted by Crippen LogP contribution is 2.25. The maximum absolute atomic E-state index is 12.4. The van der Waals surface area contributed by atoms with E-state index < -0.39 is 0 Å². The minimum atomic E-state index is -0.194. The fourth-order valence-electron chi connectivity index (χ4n) is 2.82. The highest BCUT2D eigenvalue weighted by atomic mass is 16.5. The summed E-state index contributed by atoms with van der Waals surface area (Å²) in [6.07, 6.45) is 4.36.